The SMILES string of the molecule is CCCCCCCCOc1ccc(C(=O)Oc2ccc(-c3ccc(C#N)cc3)cc2)c(OC(=O)c2ccc(OCCCCCCOc3ccc(-c4ncc(CCCCCCCC)cn4)cc3)c(OCCCCCCOc3ccc(-c4ncc(CCCCCCCC)cn4)cc3)c2)c1. The lowest BCUT2D eigenvalue weighted by Gasteiger charge is -2.15. The fourth-order valence-corrected chi connectivity index (χ4v) is 11.3. The van der Waals surface area contributed by atoms with E-state index >= 15 is 0 Å². The molecule has 0 amide bonds. The molecule has 0 saturated carbocycles. The number of hydrogen-bond donors (Lipinski definition) is 0. The zero-order chi connectivity index (χ0) is 67.8. The number of nitriles is 1. The molecular formula is C83H101N5O9. The number of unbranched alkanes of at least 4 members (excludes halogenated alkanes) is 21. The van der Waals surface area contributed by atoms with Gasteiger partial charge in [0.25, 0.3) is 0 Å². The molecule has 8 aromatic rings. The van der Waals surface area contributed by atoms with Crippen LogP contribution >= 0.6 is 0 Å². The van der Waals surface area contributed by atoms with Crippen LogP contribution in [0.3, 0.4) is 0 Å². The second kappa shape index (κ2) is 43.2. The summed E-state index contributed by atoms with van der Waals surface area (Å²) in [6.45, 7) is 9.19. The fraction of sp³-hybridized carbons (Fsp3) is 0.434. The zero-order valence-corrected chi connectivity index (χ0v) is 57.8. The Bertz CT molecular complexity index is 3580. The van der Waals surface area contributed by atoms with E-state index in [1.165, 1.54) is 107 Å². The minimum atomic E-state index is -0.709. The maximum atomic E-state index is 14.3. The summed E-state index contributed by atoms with van der Waals surface area (Å²) in [5, 5.41) is 9.26. The third-order valence-corrected chi connectivity index (χ3v) is 17.1. The molecule has 14 nitrogen and oxygen atoms in total. The summed E-state index contributed by atoms with van der Waals surface area (Å²) in [4.78, 5) is 46.9. The van der Waals surface area contributed by atoms with Crippen molar-refractivity contribution in [3.63, 3.8) is 0 Å². The van der Waals surface area contributed by atoms with Crippen LogP contribution in [0.2, 0.25) is 0 Å². The molecule has 0 spiro atoms. The number of carbonyl (C=O) groups is 2. The summed E-state index contributed by atoms with van der Waals surface area (Å²) in [6.07, 6.45) is 38.8. The number of aryl methyl sites for hydroxylation is 2. The normalized spacial score (nSPS) is 11.0. The Labute approximate surface area is 576 Å². The van der Waals surface area contributed by atoms with Crippen LogP contribution in [0.5, 0.6) is 40.2 Å². The van der Waals surface area contributed by atoms with Crippen molar-refractivity contribution in [2.45, 2.75) is 201 Å². The Morgan fingerprint density at radius 2 is 0.722 bits per heavy atom. The molecule has 2 heterocycles. The highest BCUT2D eigenvalue weighted by Gasteiger charge is 2.22. The quantitative estimate of drug-likeness (QED) is 0.0200. The monoisotopic (exact) mass is 1310 g/mol. The molecule has 0 fully saturated rings. The van der Waals surface area contributed by atoms with Crippen molar-refractivity contribution in [3.05, 3.63) is 186 Å². The predicted molar refractivity (Wildman–Crippen MR) is 386 cm³/mol. The van der Waals surface area contributed by atoms with E-state index in [4.69, 9.17) is 33.2 Å². The van der Waals surface area contributed by atoms with Gasteiger partial charge in [-0.2, -0.15) is 5.26 Å². The highest BCUT2D eigenvalue weighted by molar-refractivity contribution is 5.97. The first-order chi connectivity index (χ1) is 47.8. The van der Waals surface area contributed by atoms with Crippen molar-refractivity contribution in [2.24, 2.45) is 0 Å². The van der Waals surface area contributed by atoms with Crippen LogP contribution in [-0.4, -0.2) is 64.9 Å². The Hall–Kier alpha value is -9.09. The highest BCUT2D eigenvalue weighted by Crippen LogP contribution is 2.33. The summed E-state index contributed by atoms with van der Waals surface area (Å²) in [7, 11) is 0. The zero-order valence-electron chi connectivity index (χ0n) is 57.8. The summed E-state index contributed by atoms with van der Waals surface area (Å²) in [5.41, 5.74) is 6.91. The Morgan fingerprint density at radius 3 is 1.19 bits per heavy atom. The van der Waals surface area contributed by atoms with Crippen LogP contribution in [0.4, 0.5) is 0 Å². The van der Waals surface area contributed by atoms with Gasteiger partial charge in [-0.25, -0.2) is 29.5 Å². The number of nitrogens with zero attached hydrogens (tertiary/aromatic N) is 5. The smallest absolute Gasteiger partial charge is 0.347 e. The molecule has 8 rings (SSSR count). The lowest BCUT2D eigenvalue weighted by Crippen LogP contribution is -2.15. The van der Waals surface area contributed by atoms with Gasteiger partial charge < -0.3 is 33.2 Å². The van der Waals surface area contributed by atoms with Gasteiger partial charge in [0.05, 0.1) is 50.2 Å². The minimum Gasteiger partial charge on any atom is -0.494 e. The van der Waals surface area contributed by atoms with Crippen molar-refractivity contribution in [2.75, 3.05) is 33.0 Å². The largest absolute Gasteiger partial charge is 0.494 e. The Morgan fingerprint density at radius 1 is 0.340 bits per heavy atom. The first kappa shape index (κ1) is 73.7. The van der Waals surface area contributed by atoms with E-state index in [2.05, 4.69) is 46.8 Å². The Kier molecular flexibility index (Phi) is 32.8. The van der Waals surface area contributed by atoms with Gasteiger partial charge in [0.15, 0.2) is 23.1 Å². The van der Waals surface area contributed by atoms with Crippen molar-refractivity contribution in [1.82, 2.24) is 19.9 Å². The van der Waals surface area contributed by atoms with Crippen molar-refractivity contribution < 1.29 is 42.7 Å². The van der Waals surface area contributed by atoms with Gasteiger partial charge in [-0.05, 0) is 209 Å². The molecule has 6 aromatic carbocycles. The van der Waals surface area contributed by atoms with E-state index in [9.17, 15) is 14.9 Å². The van der Waals surface area contributed by atoms with E-state index in [1.54, 1.807) is 60.7 Å². The summed E-state index contributed by atoms with van der Waals surface area (Å²) >= 11 is 0. The van der Waals surface area contributed by atoms with E-state index in [-0.39, 0.29) is 16.9 Å². The molecule has 0 saturated heterocycles. The summed E-state index contributed by atoms with van der Waals surface area (Å²) in [5.74, 6) is 3.34. The molecule has 0 atom stereocenters. The molecular weight excluding hydrogens is 1210 g/mol. The van der Waals surface area contributed by atoms with Gasteiger partial charge in [0.1, 0.15) is 34.3 Å². The molecule has 0 unspecified atom stereocenters. The molecule has 0 aliphatic heterocycles. The number of esters is 2. The van der Waals surface area contributed by atoms with Crippen LogP contribution in [0, 0.1) is 11.3 Å². The number of carbonyl (C=O) groups excluding carboxylic acids is 2. The van der Waals surface area contributed by atoms with Crippen LogP contribution in [-0.2, 0) is 12.8 Å². The van der Waals surface area contributed by atoms with Crippen molar-refractivity contribution in [1.29, 1.82) is 5.26 Å². The van der Waals surface area contributed by atoms with Gasteiger partial charge >= 0.3 is 11.9 Å². The number of benzene rings is 6. The molecule has 0 aliphatic rings. The average Bonchev–Trinajstić information content (AvgIpc) is 0.884. The van der Waals surface area contributed by atoms with E-state index in [1.807, 2.05) is 97.6 Å². The lowest BCUT2D eigenvalue weighted by molar-refractivity contribution is 0.0706. The summed E-state index contributed by atoms with van der Waals surface area (Å²) in [6, 6.07) is 42.3. The van der Waals surface area contributed by atoms with Crippen molar-refractivity contribution in [3.8, 4) is 80.2 Å². The van der Waals surface area contributed by atoms with Gasteiger partial charge in [-0.15, -0.1) is 0 Å². The van der Waals surface area contributed by atoms with E-state index in [0.29, 0.717) is 67.4 Å². The standard InChI is InChI=1S/C83H101N5O9/c1-4-7-10-13-16-23-30-65-60-85-80(86-61-65)69-38-43-72(44-39-69)91-52-26-19-21-28-55-94-77-51-42-71(57-79(77)95-56-29-22-20-27-53-92-73-45-40-70(41-46-73)81-87-62-66(63-88-81)31-24-17-14-11-8-5-2)82(89)97-78-58-75(93-54-25-18-15-12-9-6-3)49-50-76(78)83(90)96-74-47-36-68(37-48-74)67-34-32-64(59-84)33-35-67/h32-51,57-58,60-63H,4-31,52-56H2,1-3H3. The van der Waals surface area contributed by atoms with Gasteiger partial charge in [-0.3, -0.25) is 0 Å². The maximum absolute atomic E-state index is 14.3. The van der Waals surface area contributed by atoms with Gasteiger partial charge in [0, 0.05) is 42.0 Å². The molecule has 0 aliphatic carbocycles. The second-order valence-corrected chi connectivity index (χ2v) is 25.1. The number of aromatic nitrogens is 4. The van der Waals surface area contributed by atoms with Gasteiger partial charge in [-0.1, -0.05) is 141 Å². The molecule has 0 radical (unpaired) electrons. The van der Waals surface area contributed by atoms with Gasteiger partial charge in [0.2, 0.25) is 0 Å². The number of hydrogen-bond acceptors (Lipinski definition) is 14. The van der Waals surface area contributed by atoms with E-state index < -0.39 is 11.9 Å². The molecule has 512 valence electrons. The van der Waals surface area contributed by atoms with Crippen molar-refractivity contribution >= 4 is 11.9 Å². The highest BCUT2D eigenvalue weighted by atomic mass is 16.6. The van der Waals surface area contributed by atoms with Crippen LogP contribution in [0.15, 0.2) is 158 Å². The molecule has 14 heteroatoms. The summed E-state index contributed by atoms with van der Waals surface area (Å²) < 4.78 is 43.2. The maximum Gasteiger partial charge on any atom is 0.347 e. The van der Waals surface area contributed by atoms with Crippen LogP contribution < -0.4 is 33.2 Å². The van der Waals surface area contributed by atoms with Crippen LogP contribution in [0.25, 0.3) is 33.9 Å². The average molecular weight is 1310 g/mol. The Balaban J connectivity index is 0.842. The first-order valence-corrected chi connectivity index (χ1v) is 36.1. The molecule has 97 heavy (non-hydrogen) atoms. The number of ether oxygens (including phenoxy) is 7. The lowest BCUT2D eigenvalue weighted by atomic mass is 10.0. The molecule has 0 N–H and O–H groups in total. The first-order valence-electron chi connectivity index (χ1n) is 36.1. The molecule has 2 aromatic heterocycles. The number of rotatable bonds is 47. The fourth-order valence-electron chi connectivity index (χ4n) is 11.3. The molecule has 0 bridgehead atoms. The third kappa shape index (κ3) is 26.5. The predicted octanol–water partition coefficient (Wildman–Crippen LogP) is 21.2. The topological polar surface area (TPSA) is 174 Å². The minimum absolute atomic E-state index is 0.00371. The van der Waals surface area contributed by atoms with Crippen LogP contribution in [0.1, 0.15) is 225 Å². The third-order valence-electron chi connectivity index (χ3n) is 17.1. The van der Waals surface area contributed by atoms with E-state index in [0.717, 1.165) is 123 Å². The second-order valence-electron chi connectivity index (χ2n) is 25.1.